The van der Waals surface area contributed by atoms with Crippen molar-refractivity contribution in [1.29, 1.82) is 0 Å². The van der Waals surface area contributed by atoms with Gasteiger partial charge in [0.05, 0.1) is 11.4 Å². The summed E-state index contributed by atoms with van der Waals surface area (Å²) in [7, 11) is 1.75. The van der Waals surface area contributed by atoms with Crippen molar-refractivity contribution in [2.24, 2.45) is 0 Å². The second-order valence-corrected chi connectivity index (χ2v) is 7.19. The van der Waals surface area contributed by atoms with Gasteiger partial charge in [0.25, 0.3) is 17.1 Å². The van der Waals surface area contributed by atoms with Gasteiger partial charge in [0.1, 0.15) is 0 Å². The molecule has 3 amide bonds. The predicted molar refractivity (Wildman–Crippen MR) is 107 cm³/mol. The third-order valence-electron chi connectivity index (χ3n) is 4.33. The summed E-state index contributed by atoms with van der Waals surface area (Å²) in [5.74, 6) is -0.341. The molecule has 0 aromatic heterocycles. The van der Waals surface area contributed by atoms with E-state index in [0.29, 0.717) is 17.0 Å². The molecule has 3 rings (SSSR count). The molecule has 1 aliphatic rings. The zero-order valence-electron chi connectivity index (χ0n) is 15.2. The second-order valence-electron chi connectivity index (χ2n) is 6.19. The van der Waals surface area contributed by atoms with Gasteiger partial charge in [-0.1, -0.05) is 42.5 Å². The van der Waals surface area contributed by atoms with Crippen molar-refractivity contribution < 1.29 is 14.4 Å². The van der Waals surface area contributed by atoms with Crippen LogP contribution in [-0.4, -0.2) is 40.4 Å². The molecule has 1 fully saturated rings. The van der Waals surface area contributed by atoms with Gasteiger partial charge in [-0.15, -0.1) is 0 Å². The Morgan fingerprint density at radius 3 is 2.37 bits per heavy atom. The van der Waals surface area contributed by atoms with Crippen LogP contribution in [0.5, 0.6) is 0 Å². The summed E-state index contributed by atoms with van der Waals surface area (Å²) in [5, 5.41) is -0.272. The molecule has 0 aliphatic carbocycles. The lowest BCUT2D eigenvalue weighted by Crippen LogP contribution is -2.27. The lowest BCUT2D eigenvalue weighted by molar-refractivity contribution is -0.123. The molecule has 2 aromatic rings. The first-order valence-electron chi connectivity index (χ1n) is 8.64. The fraction of sp³-hybridized carbons (Fsp3) is 0.190. The van der Waals surface area contributed by atoms with E-state index in [4.69, 9.17) is 0 Å². The van der Waals surface area contributed by atoms with Crippen LogP contribution in [0.1, 0.15) is 28.4 Å². The molecule has 6 heteroatoms. The van der Waals surface area contributed by atoms with Gasteiger partial charge in [0.2, 0.25) is 0 Å². The first kappa shape index (κ1) is 18.9. The van der Waals surface area contributed by atoms with E-state index in [9.17, 15) is 14.4 Å². The molecule has 138 valence electrons. The van der Waals surface area contributed by atoms with Gasteiger partial charge in [-0.25, -0.2) is 0 Å². The fourth-order valence-electron chi connectivity index (χ4n) is 2.64. The molecule has 0 spiro atoms. The predicted octanol–water partition coefficient (Wildman–Crippen LogP) is 4.02. The van der Waals surface area contributed by atoms with E-state index in [1.165, 1.54) is 4.90 Å². The molecule has 0 N–H and O–H groups in total. The van der Waals surface area contributed by atoms with E-state index in [2.05, 4.69) is 0 Å². The van der Waals surface area contributed by atoms with Crippen LogP contribution in [0.4, 0.5) is 4.79 Å². The van der Waals surface area contributed by atoms with E-state index in [1.54, 1.807) is 42.3 Å². The van der Waals surface area contributed by atoms with Crippen molar-refractivity contribution in [2.45, 2.75) is 13.5 Å². The van der Waals surface area contributed by atoms with Crippen LogP contribution >= 0.6 is 11.8 Å². The Labute approximate surface area is 162 Å². The number of amides is 3. The van der Waals surface area contributed by atoms with E-state index in [0.717, 1.165) is 22.9 Å². The van der Waals surface area contributed by atoms with Crippen molar-refractivity contribution >= 4 is 34.9 Å². The average Bonchev–Trinajstić information content (AvgIpc) is 2.95. The first-order valence-corrected chi connectivity index (χ1v) is 9.46. The van der Waals surface area contributed by atoms with Gasteiger partial charge in [-0.05, 0) is 48.0 Å². The molecule has 0 saturated carbocycles. The van der Waals surface area contributed by atoms with Gasteiger partial charge in [-0.3, -0.25) is 19.3 Å². The molecule has 1 saturated heterocycles. The summed E-state index contributed by atoms with van der Waals surface area (Å²) in [6.07, 6.45) is 1.69. The highest BCUT2D eigenvalue weighted by Gasteiger charge is 2.34. The number of nitrogens with zero attached hydrogens (tertiary/aromatic N) is 2. The molecular weight excluding hydrogens is 360 g/mol. The highest BCUT2D eigenvalue weighted by molar-refractivity contribution is 8.18. The maximum absolute atomic E-state index is 12.6. The van der Waals surface area contributed by atoms with Gasteiger partial charge >= 0.3 is 0 Å². The number of thioether (sulfide) groups is 1. The van der Waals surface area contributed by atoms with Crippen LogP contribution in [0, 0.1) is 0 Å². The number of carbonyl (C=O) groups is 3. The van der Waals surface area contributed by atoms with Crippen molar-refractivity contribution in [3.63, 3.8) is 0 Å². The Balaban J connectivity index is 1.74. The van der Waals surface area contributed by atoms with Crippen LogP contribution < -0.4 is 0 Å². The average molecular weight is 380 g/mol. The minimum atomic E-state index is -0.292. The SMILES string of the molecule is CCN(C)C(=O)c1ccc(/C=C2\SC(=O)N(Cc3ccccc3)C2=O)cc1. The topological polar surface area (TPSA) is 57.7 Å². The smallest absolute Gasteiger partial charge is 0.293 e. The Hall–Kier alpha value is -2.86. The quantitative estimate of drug-likeness (QED) is 0.736. The molecule has 2 aromatic carbocycles. The van der Waals surface area contributed by atoms with Crippen LogP contribution in [-0.2, 0) is 11.3 Å². The van der Waals surface area contributed by atoms with Crippen molar-refractivity contribution in [3.05, 3.63) is 76.2 Å². The summed E-state index contributed by atoms with van der Waals surface area (Å²) in [6.45, 7) is 2.81. The molecule has 27 heavy (non-hydrogen) atoms. The summed E-state index contributed by atoms with van der Waals surface area (Å²) >= 11 is 0.938. The van der Waals surface area contributed by atoms with Crippen LogP contribution in [0.2, 0.25) is 0 Å². The van der Waals surface area contributed by atoms with Crippen molar-refractivity contribution in [2.75, 3.05) is 13.6 Å². The fourth-order valence-corrected chi connectivity index (χ4v) is 3.48. The summed E-state index contributed by atoms with van der Waals surface area (Å²) < 4.78 is 0. The standard InChI is InChI=1S/C21H20N2O3S/c1-3-22(2)19(24)17-11-9-15(10-12-17)13-18-20(25)23(21(26)27-18)14-16-7-5-4-6-8-16/h4-13H,3,14H2,1-2H3/b18-13-. The summed E-state index contributed by atoms with van der Waals surface area (Å²) in [6, 6.07) is 16.4. The largest absolute Gasteiger partial charge is 0.342 e. The highest BCUT2D eigenvalue weighted by Crippen LogP contribution is 2.33. The Morgan fingerprint density at radius 1 is 1.07 bits per heavy atom. The van der Waals surface area contributed by atoms with Crippen LogP contribution in [0.25, 0.3) is 6.08 Å². The third kappa shape index (κ3) is 4.28. The van der Waals surface area contributed by atoms with E-state index >= 15 is 0 Å². The molecule has 0 bridgehead atoms. The Morgan fingerprint density at radius 2 is 1.74 bits per heavy atom. The van der Waals surface area contributed by atoms with E-state index < -0.39 is 0 Å². The number of hydrogen-bond acceptors (Lipinski definition) is 4. The molecular formula is C21H20N2O3S. The van der Waals surface area contributed by atoms with Gasteiger partial charge in [0.15, 0.2) is 0 Å². The van der Waals surface area contributed by atoms with E-state index in [1.807, 2.05) is 37.3 Å². The second kappa shape index (κ2) is 8.22. The molecule has 0 radical (unpaired) electrons. The maximum atomic E-state index is 12.6. The highest BCUT2D eigenvalue weighted by atomic mass is 32.2. The van der Waals surface area contributed by atoms with Crippen molar-refractivity contribution in [3.8, 4) is 0 Å². The zero-order valence-corrected chi connectivity index (χ0v) is 16.0. The number of hydrogen-bond donors (Lipinski definition) is 0. The van der Waals surface area contributed by atoms with Crippen molar-refractivity contribution in [1.82, 2.24) is 9.80 Å². The van der Waals surface area contributed by atoms with Gasteiger partial charge in [-0.2, -0.15) is 0 Å². The lowest BCUT2D eigenvalue weighted by atomic mass is 10.1. The van der Waals surface area contributed by atoms with Crippen LogP contribution in [0.15, 0.2) is 59.5 Å². The zero-order chi connectivity index (χ0) is 19.4. The third-order valence-corrected chi connectivity index (χ3v) is 5.24. The number of benzene rings is 2. The molecule has 1 aliphatic heterocycles. The molecule has 0 atom stereocenters. The number of carbonyl (C=O) groups excluding carboxylic acids is 3. The molecule has 5 nitrogen and oxygen atoms in total. The lowest BCUT2D eigenvalue weighted by Gasteiger charge is -2.14. The number of imide groups is 1. The summed E-state index contributed by atoms with van der Waals surface area (Å²) in [4.78, 5) is 40.2. The monoisotopic (exact) mass is 380 g/mol. The molecule has 1 heterocycles. The Bertz CT molecular complexity index is 891. The normalized spacial score (nSPS) is 15.5. The van der Waals surface area contributed by atoms with Gasteiger partial charge in [0, 0.05) is 19.2 Å². The number of rotatable bonds is 5. The Kier molecular flexibility index (Phi) is 5.76. The van der Waals surface area contributed by atoms with Crippen LogP contribution in [0.3, 0.4) is 0 Å². The van der Waals surface area contributed by atoms with E-state index in [-0.39, 0.29) is 23.6 Å². The maximum Gasteiger partial charge on any atom is 0.293 e. The van der Waals surface area contributed by atoms with Gasteiger partial charge < -0.3 is 4.90 Å². The minimum Gasteiger partial charge on any atom is -0.342 e. The minimum absolute atomic E-state index is 0.0489. The summed E-state index contributed by atoms with van der Waals surface area (Å²) in [5.41, 5.74) is 2.27. The first-order chi connectivity index (χ1) is 13.0. The molecule has 0 unspecified atom stereocenters.